The molecule has 0 aliphatic carbocycles. The number of rotatable bonds is 3. The van der Waals surface area contributed by atoms with Crippen molar-refractivity contribution < 1.29 is 9.32 Å². The number of carbonyl (C=O) groups is 1. The van der Waals surface area contributed by atoms with Gasteiger partial charge in [-0.2, -0.15) is 0 Å². The maximum atomic E-state index is 10.7. The van der Waals surface area contributed by atoms with Gasteiger partial charge in [0.2, 0.25) is 0 Å². The minimum atomic E-state index is -1.96. The summed E-state index contributed by atoms with van der Waals surface area (Å²) >= 11 is 0. The Morgan fingerprint density at radius 2 is 1.58 bits per heavy atom. The average Bonchev–Trinajstić information content (AvgIpc) is 1.50. The molecule has 0 saturated heterocycles. The molecular formula is C9H19O2P. The van der Waals surface area contributed by atoms with E-state index in [1.165, 1.54) is 13.0 Å². The van der Waals surface area contributed by atoms with E-state index < -0.39 is 6.83 Å². The molecule has 0 aromatic rings. The summed E-state index contributed by atoms with van der Waals surface area (Å²) in [7, 11) is 0. The Kier molecular flexibility index (Phi) is 3.08. The molecule has 0 aromatic carbocycles. The molecule has 12 heavy (non-hydrogen) atoms. The van der Waals surface area contributed by atoms with Crippen molar-refractivity contribution >= 4 is 12.6 Å². The van der Waals surface area contributed by atoms with Crippen LogP contribution in [0.15, 0.2) is 11.8 Å². The molecule has 0 aromatic heterocycles. The van der Waals surface area contributed by atoms with E-state index in [0.717, 1.165) is 5.76 Å². The number of ketones is 1. The van der Waals surface area contributed by atoms with Crippen molar-refractivity contribution in [3.8, 4) is 0 Å². The Morgan fingerprint density at radius 1 is 1.17 bits per heavy atom. The Bertz CT molecular complexity index is 211. The van der Waals surface area contributed by atoms with Crippen LogP contribution in [0, 0.1) is 0 Å². The quantitative estimate of drug-likeness (QED) is 0.388. The standard InChI is InChI=1S/C9H19O2P/c1-8(10)7-9(2)11-12(3,4,5)6/h7H,1-6H3/b9-7+. The van der Waals surface area contributed by atoms with E-state index >= 15 is 0 Å². The van der Waals surface area contributed by atoms with E-state index in [0.29, 0.717) is 0 Å². The van der Waals surface area contributed by atoms with Crippen molar-refractivity contribution in [1.82, 2.24) is 0 Å². The molecule has 0 rings (SSSR count). The molecule has 0 radical (unpaired) electrons. The van der Waals surface area contributed by atoms with Crippen molar-refractivity contribution in [2.24, 2.45) is 0 Å². The first kappa shape index (κ1) is 11.6. The second kappa shape index (κ2) is 3.18. The third kappa shape index (κ3) is 7.74. The molecule has 0 aliphatic rings. The summed E-state index contributed by atoms with van der Waals surface area (Å²) in [6.07, 6.45) is 1.53. The van der Waals surface area contributed by atoms with E-state index in [4.69, 9.17) is 4.52 Å². The third-order valence-electron chi connectivity index (χ3n) is 0.916. The van der Waals surface area contributed by atoms with Crippen molar-refractivity contribution in [2.75, 3.05) is 26.7 Å². The summed E-state index contributed by atoms with van der Waals surface area (Å²) in [5.41, 5.74) is 0. The van der Waals surface area contributed by atoms with Gasteiger partial charge in [-0.1, -0.05) is 0 Å². The molecule has 0 fully saturated rings. The first-order valence-electron chi connectivity index (χ1n) is 3.96. The van der Waals surface area contributed by atoms with E-state index in [1.54, 1.807) is 0 Å². The summed E-state index contributed by atoms with van der Waals surface area (Å²) in [6.45, 7) is 9.79. The van der Waals surface area contributed by atoms with Gasteiger partial charge in [0, 0.05) is 0 Å². The zero-order chi connectivity index (χ0) is 10.0. The van der Waals surface area contributed by atoms with Gasteiger partial charge in [-0.3, -0.25) is 0 Å². The molecule has 3 heteroatoms. The second-order valence-corrected chi connectivity index (χ2v) is 11.9. The Labute approximate surface area is 75.0 Å². The van der Waals surface area contributed by atoms with Crippen LogP contribution in [0.25, 0.3) is 0 Å². The summed E-state index contributed by atoms with van der Waals surface area (Å²) in [5, 5.41) is 0. The van der Waals surface area contributed by atoms with Crippen molar-refractivity contribution in [3.63, 3.8) is 0 Å². The van der Waals surface area contributed by atoms with Crippen LogP contribution in [0.2, 0.25) is 0 Å². The zero-order valence-corrected chi connectivity index (χ0v) is 9.74. The monoisotopic (exact) mass is 190 g/mol. The Balaban J connectivity index is 4.40. The molecule has 0 amide bonds. The minimum absolute atomic E-state index is 0.0351. The van der Waals surface area contributed by atoms with E-state index in [-0.39, 0.29) is 5.78 Å². The predicted octanol–water partition coefficient (Wildman–Crippen LogP) is 2.48. The van der Waals surface area contributed by atoms with Crippen LogP contribution in [-0.4, -0.2) is 32.4 Å². The molecule has 0 atom stereocenters. The van der Waals surface area contributed by atoms with Gasteiger partial charge in [-0.25, -0.2) is 0 Å². The number of carbonyl (C=O) groups excluding carboxylic acids is 1. The van der Waals surface area contributed by atoms with Crippen LogP contribution < -0.4 is 0 Å². The SMILES string of the molecule is CC(=O)/C=C(\C)OP(C)(C)(C)C. The molecule has 0 spiro atoms. The Morgan fingerprint density at radius 3 is 1.83 bits per heavy atom. The normalized spacial score (nSPS) is 16.5. The van der Waals surface area contributed by atoms with Gasteiger partial charge in [-0.15, -0.1) is 0 Å². The number of hydrogen-bond donors (Lipinski definition) is 0. The fourth-order valence-corrected chi connectivity index (χ4v) is 2.09. The van der Waals surface area contributed by atoms with Crippen LogP contribution >= 0.6 is 6.83 Å². The first-order valence-corrected chi connectivity index (χ1v) is 7.90. The Hall–Kier alpha value is -0.360. The van der Waals surface area contributed by atoms with Gasteiger partial charge >= 0.3 is 74.3 Å². The summed E-state index contributed by atoms with van der Waals surface area (Å²) in [6, 6.07) is 0. The van der Waals surface area contributed by atoms with Gasteiger partial charge < -0.3 is 0 Å². The predicted molar refractivity (Wildman–Crippen MR) is 56.1 cm³/mol. The van der Waals surface area contributed by atoms with Crippen LogP contribution in [0.5, 0.6) is 0 Å². The van der Waals surface area contributed by atoms with Gasteiger partial charge in [0.05, 0.1) is 0 Å². The van der Waals surface area contributed by atoms with E-state index in [9.17, 15) is 4.79 Å². The van der Waals surface area contributed by atoms with Gasteiger partial charge in [0.1, 0.15) is 0 Å². The summed E-state index contributed by atoms with van der Waals surface area (Å²) in [5.74, 6) is 0.753. The summed E-state index contributed by atoms with van der Waals surface area (Å²) < 4.78 is 5.71. The van der Waals surface area contributed by atoms with E-state index in [2.05, 4.69) is 26.7 Å². The van der Waals surface area contributed by atoms with Gasteiger partial charge in [0.25, 0.3) is 0 Å². The fourth-order valence-electron chi connectivity index (χ4n) is 0.889. The average molecular weight is 190 g/mol. The summed E-state index contributed by atoms with van der Waals surface area (Å²) in [4.78, 5) is 10.7. The number of allylic oxidation sites excluding steroid dienone is 2. The molecule has 0 saturated carbocycles. The molecule has 0 bridgehead atoms. The van der Waals surface area contributed by atoms with Crippen LogP contribution in [0.4, 0.5) is 0 Å². The van der Waals surface area contributed by atoms with E-state index in [1.807, 2.05) is 6.92 Å². The second-order valence-electron chi connectivity index (χ2n) is 4.87. The van der Waals surface area contributed by atoms with Crippen LogP contribution in [-0.2, 0) is 9.32 Å². The third-order valence-corrected chi connectivity index (χ3v) is 1.93. The maximum absolute atomic E-state index is 10.7. The molecular weight excluding hydrogens is 171 g/mol. The molecule has 0 N–H and O–H groups in total. The van der Waals surface area contributed by atoms with Crippen molar-refractivity contribution in [3.05, 3.63) is 11.8 Å². The van der Waals surface area contributed by atoms with Crippen molar-refractivity contribution in [2.45, 2.75) is 13.8 Å². The topological polar surface area (TPSA) is 26.3 Å². The van der Waals surface area contributed by atoms with Crippen molar-refractivity contribution in [1.29, 1.82) is 0 Å². The molecule has 72 valence electrons. The van der Waals surface area contributed by atoms with Gasteiger partial charge in [-0.05, 0) is 0 Å². The molecule has 0 heterocycles. The first-order chi connectivity index (χ1) is 5.06. The van der Waals surface area contributed by atoms with Gasteiger partial charge in [0.15, 0.2) is 0 Å². The fraction of sp³-hybridized carbons (Fsp3) is 0.667. The van der Waals surface area contributed by atoms with Crippen LogP contribution in [0.3, 0.4) is 0 Å². The van der Waals surface area contributed by atoms with Crippen LogP contribution in [0.1, 0.15) is 13.8 Å². The molecule has 2 nitrogen and oxygen atoms in total. The molecule has 0 aliphatic heterocycles. The number of hydrogen-bond acceptors (Lipinski definition) is 2. The molecule has 0 unspecified atom stereocenters. The zero-order valence-electron chi connectivity index (χ0n) is 8.84.